The number of pyridine rings is 1. The van der Waals surface area contributed by atoms with E-state index in [1.54, 1.807) is 31.4 Å². The molecule has 6 rings (SSSR count). The van der Waals surface area contributed by atoms with Crippen LogP contribution in [0.2, 0.25) is 0 Å². The summed E-state index contributed by atoms with van der Waals surface area (Å²) in [4.78, 5) is 27.3. The number of rotatable bonds is 6. The normalized spacial score (nSPS) is 20.3. The van der Waals surface area contributed by atoms with Crippen molar-refractivity contribution in [3.8, 4) is 22.8 Å². The van der Waals surface area contributed by atoms with E-state index in [1.165, 1.54) is 4.90 Å². The Morgan fingerprint density at radius 3 is 2.66 bits per heavy atom. The van der Waals surface area contributed by atoms with Gasteiger partial charge in [-0.15, -0.1) is 0 Å². The summed E-state index contributed by atoms with van der Waals surface area (Å²) < 4.78 is 12.4. The highest BCUT2D eigenvalue weighted by atomic mass is 16.5. The second-order valence-electron chi connectivity index (χ2n) is 8.58. The molecule has 0 unspecified atom stereocenters. The van der Waals surface area contributed by atoms with Crippen LogP contribution in [0.4, 0.5) is 11.8 Å². The molecule has 4 aromatic heterocycles. The summed E-state index contributed by atoms with van der Waals surface area (Å²) in [6.07, 6.45) is 3.78. The molecule has 0 saturated carbocycles. The number of carbonyl (C=O) groups excluding carboxylic acids is 1. The molecule has 0 spiro atoms. The van der Waals surface area contributed by atoms with Crippen molar-refractivity contribution < 1.29 is 19.2 Å². The van der Waals surface area contributed by atoms with E-state index in [4.69, 9.17) is 9.26 Å². The van der Waals surface area contributed by atoms with Gasteiger partial charge in [0.05, 0.1) is 36.3 Å². The monoisotopic (exact) mass is 474 g/mol. The molecule has 1 atom stereocenters. The molecule has 178 valence electrons. The Kier molecular flexibility index (Phi) is 5.04. The van der Waals surface area contributed by atoms with Crippen LogP contribution in [0.3, 0.4) is 0 Å². The fourth-order valence-corrected chi connectivity index (χ4v) is 4.05. The van der Waals surface area contributed by atoms with E-state index in [-0.39, 0.29) is 18.2 Å². The van der Waals surface area contributed by atoms with Crippen molar-refractivity contribution in [2.45, 2.75) is 18.1 Å². The highest BCUT2D eigenvalue weighted by Gasteiger charge is 2.48. The number of nitrogens with one attached hydrogen (secondary N) is 1. The summed E-state index contributed by atoms with van der Waals surface area (Å²) in [5.41, 5.74) is 0.435. The lowest BCUT2D eigenvalue weighted by Gasteiger charge is -2.25. The van der Waals surface area contributed by atoms with Crippen LogP contribution in [0, 0.1) is 0 Å². The second kappa shape index (κ2) is 8.25. The van der Waals surface area contributed by atoms with Crippen LogP contribution in [0.1, 0.15) is 18.2 Å². The summed E-state index contributed by atoms with van der Waals surface area (Å²) in [5, 5.41) is 22.5. The molecule has 2 N–H and O–H groups in total. The number of hydrogen-bond donors (Lipinski definition) is 2. The molecule has 12 nitrogen and oxygen atoms in total. The maximum atomic E-state index is 12.4. The first-order valence-electron chi connectivity index (χ1n) is 11.2. The lowest BCUT2D eigenvalue weighted by Crippen LogP contribution is -2.35. The van der Waals surface area contributed by atoms with Gasteiger partial charge in [0.1, 0.15) is 5.69 Å². The summed E-state index contributed by atoms with van der Waals surface area (Å²) in [6, 6.07) is 10.9. The number of anilines is 2. The van der Waals surface area contributed by atoms with Crippen molar-refractivity contribution in [3.05, 3.63) is 54.6 Å². The second-order valence-corrected chi connectivity index (χ2v) is 8.58. The van der Waals surface area contributed by atoms with Gasteiger partial charge in [0.15, 0.2) is 11.6 Å². The quantitative estimate of drug-likeness (QED) is 0.424. The Hall–Kier alpha value is -4.16. The topological polar surface area (TPSA) is 144 Å². The third-order valence-corrected chi connectivity index (χ3v) is 6.20. The van der Waals surface area contributed by atoms with Crippen molar-refractivity contribution in [2.75, 3.05) is 32.1 Å². The highest BCUT2D eigenvalue weighted by Crippen LogP contribution is 2.34. The van der Waals surface area contributed by atoms with Gasteiger partial charge in [-0.1, -0.05) is 11.2 Å². The largest absolute Gasteiger partial charge is 0.377 e. The van der Waals surface area contributed by atoms with Crippen LogP contribution in [0.15, 0.2) is 53.3 Å². The average molecular weight is 474 g/mol. The number of aliphatic hydroxyl groups is 1. The summed E-state index contributed by atoms with van der Waals surface area (Å²) in [6.45, 7) is 1.77. The predicted molar refractivity (Wildman–Crippen MR) is 122 cm³/mol. The molecule has 2 fully saturated rings. The molecule has 0 radical (unpaired) electrons. The maximum Gasteiger partial charge on any atom is 0.262 e. The van der Waals surface area contributed by atoms with E-state index < -0.39 is 11.5 Å². The zero-order valence-corrected chi connectivity index (χ0v) is 18.8. The van der Waals surface area contributed by atoms with Crippen molar-refractivity contribution in [2.24, 2.45) is 0 Å². The first kappa shape index (κ1) is 21.4. The van der Waals surface area contributed by atoms with Crippen LogP contribution in [0.25, 0.3) is 22.8 Å². The third kappa shape index (κ3) is 3.82. The molecule has 0 aliphatic carbocycles. The van der Waals surface area contributed by atoms with Gasteiger partial charge in [-0.3, -0.25) is 9.48 Å². The number of nitrogens with zero attached hydrogens (tertiary/aromatic N) is 7. The molecular formula is C23H22N8O4. The molecule has 1 amide bonds. The molecule has 2 aliphatic heterocycles. The summed E-state index contributed by atoms with van der Waals surface area (Å²) in [7, 11) is 1.64. The molecule has 35 heavy (non-hydrogen) atoms. The van der Waals surface area contributed by atoms with Crippen molar-refractivity contribution in [3.63, 3.8) is 0 Å². The molecular weight excluding hydrogens is 452 g/mol. The number of likely N-dealkylation sites (tertiary alicyclic amines) is 1. The molecule has 0 bridgehead atoms. The number of hydrogen-bond acceptors (Lipinski definition) is 10. The third-order valence-electron chi connectivity index (χ3n) is 6.20. The molecule has 6 heterocycles. The van der Waals surface area contributed by atoms with Crippen LogP contribution in [-0.4, -0.2) is 72.6 Å². The molecule has 4 aromatic rings. The van der Waals surface area contributed by atoms with Crippen LogP contribution in [0.5, 0.6) is 0 Å². The minimum absolute atomic E-state index is 0.107. The van der Waals surface area contributed by atoms with Gasteiger partial charge in [0.25, 0.3) is 5.91 Å². The number of aromatic nitrogens is 6. The molecule has 2 aliphatic rings. The lowest BCUT2D eigenvalue weighted by atomic mass is 9.98. The zero-order chi connectivity index (χ0) is 24.0. The summed E-state index contributed by atoms with van der Waals surface area (Å²) >= 11 is 0. The smallest absolute Gasteiger partial charge is 0.262 e. The van der Waals surface area contributed by atoms with Crippen LogP contribution >= 0.6 is 0 Å². The molecule has 2 saturated heterocycles. The Balaban J connectivity index is 1.23. The van der Waals surface area contributed by atoms with E-state index in [2.05, 4.69) is 30.5 Å². The SMILES string of the molecule is CN1CC[C@@](O)(c2cc(-c3cccc(-c4ccnc(Nc5ccn(C6COC6)n5)n4)n3)no2)C1=O. The van der Waals surface area contributed by atoms with Gasteiger partial charge >= 0.3 is 0 Å². The minimum atomic E-state index is -1.70. The zero-order valence-electron chi connectivity index (χ0n) is 18.8. The first-order chi connectivity index (χ1) is 17.0. The van der Waals surface area contributed by atoms with Crippen LogP contribution < -0.4 is 5.32 Å². The number of amides is 1. The van der Waals surface area contributed by atoms with E-state index in [9.17, 15) is 9.90 Å². The molecule has 12 heteroatoms. The van der Waals surface area contributed by atoms with E-state index in [0.29, 0.717) is 54.3 Å². The van der Waals surface area contributed by atoms with E-state index >= 15 is 0 Å². The van der Waals surface area contributed by atoms with E-state index in [0.717, 1.165) is 0 Å². The van der Waals surface area contributed by atoms with Gasteiger partial charge in [0.2, 0.25) is 11.5 Å². The number of ether oxygens (including phenoxy) is 1. The predicted octanol–water partition coefficient (Wildman–Crippen LogP) is 1.75. The van der Waals surface area contributed by atoms with Crippen LogP contribution in [-0.2, 0) is 15.1 Å². The Morgan fingerprint density at radius 2 is 1.91 bits per heavy atom. The fraction of sp³-hybridized carbons (Fsp3) is 0.304. The minimum Gasteiger partial charge on any atom is -0.377 e. The molecule has 0 aromatic carbocycles. The van der Waals surface area contributed by atoms with Gasteiger partial charge in [-0.25, -0.2) is 15.0 Å². The maximum absolute atomic E-state index is 12.4. The standard InChI is InChI=1S/C23H22N8O4/c1-30-10-7-23(33,21(30)32)19-11-18(29-35-19)16-4-2-3-15(25-16)17-5-8-24-22(26-17)27-20-6-9-31(28-20)14-12-34-13-14/h2-6,8-9,11,14,33H,7,10,12-13H2,1H3,(H,24,26,27,28)/t23-/m1/s1. The lowest BCUT2D eigenvalue weighted by molar-refractivity contribution is -0.144. The van der Waals surface area contributed by atoms with Gasteiger partial charge < -0.3 is 24.6 Å². The van der Waals surface area contributed by atoms with Gasteiger partial charge in [-0.2, -0.15) is 5.10 Å². The number of likely N-dealkylation sites (N-methyl/N-ethyl adjacent to an activating group) is 1. The summed E-state index contributed by atoms with van der Waals surface area (Å²) in [5.74, 6) is 0.722. The van der Waals surface area contributed by atoms with Crippen molar-refractivity contribution in [1.29, 1.82) is 0 Å². The van der Waals surface area contributed by atoms with E-state index in [1.807, 2.05) is 29.1 Å². The highest BCUT2D eigenvalue weighted by molar-refractivity contribution is 5.87. The van der Waals surface area contributed by atoms with Gasteiger partial charge in [-0.05, 0) is 18.2 Å². The Bertz CT molecular complexity index is 1400. The van der Waals surface area contributed by atoms with Gasteiger partial charge in [0, 0.05) is 44.5 Å². The Labute approximate surface area is 199 Å². The first-order valence-corrected chi connectivity index (χ1v) is 11.2. The van der Waals surface area contributed by atoms with Crippen molar-refractivity contribution in [1.82, 2.24) is 34.8 Å². The fourth-order valence-electron chi connectivity index (χ4n) is 4.05. The van der Waals surface area contributed by atoms with Crippen molar-refractivity contribution >= 4 is 17.7 Å². The number of carbonyl (C=O) groups is 1. The Morgan fingerprint density at radius 1 is 1.11 bits per heavy atom. The average Bonchev–Trinajstić information content (AvgIpc) is 3.57.